The lowest BCUT2D eigenvalue weighted by atomic mass is 10.0. The molecule has 0 bridgehead atoms. The van der Waals surface area contributed by atoms with Gasteiger partial charge in [-0.3, -0.25) is 0 Å². The van der Waals surface area contributed by atoms with Crippen LogP contribution in [0.2, 0.25) is 0 Å². The van der Waals surface area contributed by atoms with Gasteiger partial charge in [0.2, 0.25) is 0 Å². The van der Waals surface area contributed by atoms with Crippen molar-refractivity contribution in [1.29, 1.82) is 0 Å². The highest BCUT2D eigenvalue weighted by Crippen LogP contribution is 2.13. The maximum atomic E-state index is 10.8. The zero-order chi connectivity index (χ0) is 17.0. The smallest absolute Gasteiger partial charge is 0.330 e. The van der Waals surface area contributed by atoms with Gasteiger partial charge in [0, 0.05) is 6.08 Å². The van der Waals surface area contributed by atoms with E-state index in [1.54, 1.807) is 0 Å². The second-order valence-electron chi connectivity index (χ2n) is 6.40. The van der Waals surface area contributed by atoms with E-state index >= 15 is 0 Å². The molecule has 0 rings (SSSR count). The number of allylic oxidation sites excluding steroid dienone is 1. The Hall–Kier alpha value is -1.05. The first kappa shape index (κ1) is 21.9. The molecule has 0 atom stereocenters. The van der Waals surface area contributed by atoms with Crippen LogP contribution in [0, 0.1) is 0 Å². The second kappa shape index (κ2) is 19.0. The third-order valence-corrected chi connectivity index (χ3v) is 4.21. The van der Waals surface area contributed by atoms with Crippen LogP contribution in [-0.2, 0) is 9.53 Å². The highest BCUT2D eigenvalue weighted by molar-refractivity contribution is 5.81. The van der Waals surface area contributed by atoms with Crippen LogP contribution in [0.3, 0.4) is 0 Å². The van der Waals surface area contributed by atoms with Crippen molar-refractivity contribution in [3.05, 3.63) is 25.3 Å². The van der Waals surface area contributed by atoms with Crippen LogP contribution in [-0.4, -0.2) is 12.6 Å². The van der Waals surface area contributed by atoms with Crippen molar-refractivity contribution in [3.63, 3.8) is 0 Å². The van der Waals surface area contributed by atoms with E-state index in [1.165, 1.54) is 89.5 Å². The molecule has 0 amide bonds. The first-order valence-electron chi connectivity index (χ1n) is 9.71. The quantitative estimate of drug-likeness (QED) is 0.121. The van der Waals surface area contributed by atoms with Crippen molar-refractivity contribution < 1.29 is 9.53 Å². The zero-order valence-corrected chi connectivity index (χ0v) is 15.2. The van der Waals surface area contributed by atoms with E-state index < -0.39 is 0 Å². The minimum atomic E-state index is -0.304. The summed E-state index contributed by atoms with van der Waals surface area (Å²) in [6.45, 7) is 7.67. The number of hydrogen-bond donors (Lipinski definition) is 0. The van der Waals surface area contributed by atoms with E-state index in [2.05, 4.69) is 13.2 Å². The third-order valence-electron chi connectivity index (χ3n) is 4.21. The normalized spacial score (nSPS) is 10.4. The van der Waals surface area contributed by atoms with Gasteiger partial charge in [-0.2, -0.15) is 0 Å². The van der Waals surface area contributed by atoms with E-state index in [0.717, 1.165) is 12.8 Å². The molecule has 0 fully saturated rings. The molecule has 0 saturated carbocycles. The highest BCUT2D eigenvalue weighted by Gasteiger charge is 1.96. The molecule has 0 aromatic heterocycles. The molecule has 0 aromatic carbocycles. The van der Waals surface area contributed by atoms with E-state index in [-0.39, 0.29) is 5.97 Å². The number of unbranched alkanes of at least 4 members (excludes halogenated alkanes) is 14. The number of carbonyl (C=O) groups excluding carboxylic acids is 1. The molecule has 0 heterocycles. The van der Waals surface area contributed by atoms with Crippen LogP contribution >= 0.6 is 0 Å². The van der Waals surface area contributed by atoms with Gasteiger partial charge in [-0.05, 0) is 19.3 Å². The summed E-state index contributed by atoms with van der Waals surface area (Å²) in [5, 5.41) is 0. The Morgan fingerprint density at radius 2 is 1.04 bits per heavy atom. The van der Waals surface area contributed by atoms with Gasteiger partial charge in [0.25, 0.3) is 0 Å². The molecule has 2 nitrogen and oxygen atoms in total. The summed E-state index contributed by atoms with van der Waals surface area (Å²) in [6.07, 6.45) is 23.0. The molecule has 0 aliphatic heterocycles. The minimum absolute atomic E-state index is 0.304. The summed E-state index contributed by atoms with van der Waals surface area (Å²) in [7, 11) is 0. The van der Waals surface area contributed by atoms with Gasteiger partial charge in [-0.15, -0.1) is 6.58 Å². The molecule has 0 N–H and O–H groups in total. The standard InChI is InChI=1S/C21H38O2/c1-3-5-6-7-8-9-10-11-12-13-14-15-16-17-18-19-20-23-21(22)4-2/h3-4H,1-2,5-20H2. The summed E-state index contributed by atoms with van der Waals surface area (Å²) in [4.78, 5) is 10.8. The number of rotatable bonds is 18. The molecular formula is C21H38O2. The second-order valence-corrected chi connectivity index (χ2v) is 6.40. The number of carbonyl (C=O) groups is 1. The predicted molar refractivity (Wildman–Crippen MR) is 101 cm³/mol. The van der Waals surface area contributed by atoms with E-state index in [0.29, 0.717) is 6.61 Å². The predicted octanol–water partition coefficient (Wildman–Crippen LogP) is 6.75. The van der Waals surface area contributed by atoms with E-state index in [1.807, 2.05) is 6.08 Å². The first-order chi connectivity index (χ1) is 11.3. The van der Waals surface area contributed by atoms with Gasteiger partial charge in [0.15, 0.2) is 0 Å². The highest BCUT2D eigenvalue weighted by atomic mass is 16.5. The lowest BCUT2D eigenvalue weighted by Crippen LogP contribution is -2.01. The molecule has 134 valence electrons. The topological polar surface area (TPSA) is 26.3 Å². The van der Waals surface area contributed by atoms with Crippen molar-refractivity contribution in [3.8, 4) is 0 Å². The largest absolute Gasteiger partial charge is 0.463 e. The monoisotopic (exact) mass is 322 g/mol. The van der Waals surface area contributed by atoms with Crippen LogP contribution in [0.1, 0.15) is 96.3 Å². The molecule has 0 aromatic rings. The molecule has 0 aliphatic rings. The Morgan fingerprint density at radius 3 is 1.43 bits per heavy atom. The lowest BCUT2D eigenvalue weighted by molar-refractivity contribution is -0.137. The Labute approximate surface area is 144 Å². The molecule has 0 radical (unpaired) electrons. The summed E-state index contributed by atoms with van der Waals surface area (Å²) < 4.78 is 4.95. The zero-order valence-electron chi connectivity index (χ0n) is 15.2. The molecule has 0 unspecified atom stereocenters. The molecule has 23 heavy (non-hydrogen) atoms. The maximum absolute atomic E-state index is 10.8. The van der Waals surface area contributed by atoms with Crippen molar-refractivity contribution in [2.45, 2.75) is 96.3 Å². The molecule has 2 heteroatoms. The van der Waals surface area contributed by atoms with Crippen molar-refractivity contribution in [2.75, 3.05) is 6.61 Å². The van der Waals surface area contributed by atoms with Crippen LogP contribution in [0.15, 0.2) is 25.3 Å². The Balaban J connectivity index is 3.01. The van der Waals surface area contributed by atoms with Gasteiger partial charge >= 0.3 is 5.97 Å². The Bertz CT molecular complexity index is 284. The number of hydrogen-bond acceptors (Lipinski definition) is 2. The van der Waals surface area contributed by atoms with Crippen LogP contribution in [0.4, 0.5) is 0 Å². The van der Waals surface area contributed by atoms with Crippen LogP contribution < -0.4 is 0 Å². The van der Waals surface area contributed by atoms with Gasteiger partial charge in [-0.1, -0.05) is 89.7 Å². The lowest BCUT2D eigenvalue weighted by Gasteiger charge is -2.04. The summed E-state index contributed by atoms with van der Waals surface area (Å²) >= 11 is 0. The fourth-order valence-corrected chi connectivity index (χ4v) is 2.74. The Kier molecular flexibility index (Phi) is 18.1. The SMILES string of the molecule is C=CCCCCCCCCCCCCCCCCOC(=O)C=C. The maximum Gasteiger partial charge on any atom is 0.330 e. The molecular weight excluding hydrogens is 284 g/mol. The van der Waals surface area contributed by atoms with E-state index in [4.69, 9.17) is 4.74 Å². The van der Waals surface area contributed by atoms with Crippen molar-refractivity contribution in [1.82, 2.24) is 0 Å². The van der Waals surface area contributed by atoms with Gasteiger partial charge in [0.1, 0.15) is 0 Å². The average molecular weight is 323 g/mol. The fraction of sp³-hybridized carbons (Fsp3) is 0.762. The molecule has 0 aliphatic carbocycles. The van der Waals surface area contributed by atoms with Crippen molar-refractivity contribution >= 4 is 5.97 Å². The first-order valence-corrected chi connectivity index (χ1v) is 9.71. The number of ether oxygens (including phenoxy) is 1. The van der Waals surface area contributed by atoms with Gasteiger partial charge in [-0.25, -0.2) is 4.79 Å². The van der Waals surface area contributed by atoms with Gasteiger partial charge < -0.3 is 4.74 Å². The van der Waals surface area contributed by atoms with Crippen LogP contribution in [0.5, 0.6) is 0 Å². The van der Waals surface area contributed by atoms with Crippen molar-refractivity contribution in [2.24, 2.45) is 0 Å². The molecule has 0 saturated heterocycles. The summed E-state index contributed by atoms with van der Waals surface area (Å²) in [5.41, 5.74) is 0. The Morgan fingerprint density at radius 1 is 0.652 bits per heavy atom. The van der Waals surface area contributed by atoms with Gasteiger partial charge in [0.05, 0.1) is 6.61 Å². The molecule has 0 spiro atoms. The summed E-state index contributed by atoms with van der Waals surface area (Å²) in [6, 6.07) is 0. The fourth-order valence-electron chi connectivity index (χ4n) is 2.74. The average Bonchev–Trinajstić information content (AvgIpc) is 2.57. The van der Waals surface area contributed by atoms with Crippen LogP contribution in [0.25, 0.3) is 0 Å². The van der Waals surface area contributed by atoms with E-state index in [9.17, 15) is 4.79 Å². The summed E-state index contributed by atoms with van der Waals surface area (Å²) in [5.74, 6) is -0.304. The number of esters is 1. The third kappa shape index (κ3) is 18.9. The minimum Gasteiger partial charge on any atom is -0.463 e.